The van der Waals surface area contributed by atoms with Crippen LogP contribution in [-0.2, 0) is 5.41 Å². The molecule has 4 bridgehead atoms. The van der Waals surface area contributed by atoms with Gasteiger partial charge in [0.05, 0.1) is 28.1 Å². The third-order valence-corrected chi connectivity index (χ3v) is 12.3. The van der Waals surface area contributed by atoms with Gasteiger partial charge in [-0.1, -0.05) is 66.7 Å². The lowest BCUT2D eigenvalue weighted by Crippen LogP contribution is -2.57. The molecule has 210 valence electrons. The zero-order valence-corrected chi connectivity index (χ0v) is 25.7. The lowest BCUT2D eigenvalue weighted by atomic mass is 9.41. The van der Waals surface area contributed by atoms with E-state index >= 15 is 0 Å². The third-order valence-electron chi connectivity index (χ3n) is 11.6. The molecule has 0 N–H and O–H groups in total. The van der Waals surface area contributed by atoms with Gasteiger partial charge in [0.25, 0.3) is 0 Å². The van der Waals surface area contributed by atoms with Gasteiger partial charge in [-0.3, -0.25) is 0 Å². The van der Waals surface area contributed by atoms with Crippen LogP contribution in [0, 0.1) is 23.7 Å². The molecule has 5 aliphatic rings. The number of para-hydroxylation sites is 4. The first kappa shape index (κ1) is 24.6. The number of fused-ring (bicyclic) bond motifs is 5. The second-order valence-corrected chi connectivity index (χ2v) is 14.4. The quantitative estimate of drug-likeness (QED) is 0.187. The van der Waals surface area contributed by atoms with Crippen LogP contribution in [0.15, 0.2) is 120 Å². The summed E-state index contributed by atoms with van der Waals surface area (Å²) >= 11 is 3.83. The highest BCUT2D eigenvalue weighted by atomic mass is 79.9. The second kappa shape index (κ2) is 8.86. The largest absolute Gasteiger partial charge is 0.310 e. The highest BCUT2D eigenvalue weighted by Gasteiger charge is 2.61. The summed E-state index contributed by atoms with van der Waals surface area (Å²) < 4.78 is 3.50. The molecule has 1 spiro atoms. The van der Waals surface area contributed by atoms with Gasteiger partial charge in [-0.15, -0.1) is 0 Å². The molecular formula is C40H33BrN2. The van der Waals surface area contributed by atoms with Crippen LogP contribution in [0.2, 0.25) is 0 Å². The molecule has 4 fully saturated rings. The molecule has 0 amide bonds. The smallest absolute Gasteiger partial charge is 0.0604 e. The molecule has 3 heteroatoms. The Kier molecular flexibility index (Phi) is 5.07. The summed E-state index contributed by atoms with van der Waals surface area (Å²) in [6.07, 6.45) is 7.07. The van der Waals surface area contributed by atoms with Crippen LogP contribution in [0.3, 0.4) is 0 Å². The number of rotatable bonds is 2. The van der Waals surface area contributed by atoms with Crippen molar-refractivity contribution in [1.82, 2.24) is 4.57 Å². The number of anilines is 3. The predicted molar refractivity (Wildman–Crippen MR) is 181 cm³/mol. The van der Waals surface area contributed by atoms with E-state index in [0.717, 1.165) is 28.1 Å². The van der Waals surface area contributed by atoms with Gasteiger partial charge in [0, 0.05) is 26.3 Å². The van der Waals surface area contributed by atoms with E-state index in [9.17, 15) is 0 Å². The van der Waals surface area contributed by atoms with Crippen molar-refractivity contribution in [3.8, 4) is 5.69 Å². The van der Waals surface area contributed by atoms with Gasteiger partial charge >= 0.3 is 0 Å². The van der Waals surface area contributed by atoms with E-state index in [0.29, 0.717) is 0 Å². The fraction of sp³-hybridized carbons (Fsp3) is 0.250. The van der Waals surface area contributed by atoms with Gasteiger partial charge in [0.1, 0.15) is 0 Å². The Hall–Kier alpha value is -3.82. The fourth-order valence-corrected chi connectivity index (χ4v) is 10.9. The molecule has 0 unspecified atom stereocenters. The maximum absolute atomic E-state index is 3.83. The molecule has 1 aromatic heterocycles. The Morgan fingerprint density at radius 1 is 0.535 bits per heavy atom. The van der Waals surface area contributed by atoms with E-state index in [1.165, 1.54) is 76.7 Å². The molecule has 0 atom stereocenters. The molecular weight excluding hydrogens is 588 g/mol. The van der Waals surface area contributed by atoms with Gasteiger partial charge in [-0.2, -0.15) is 0 Å². The van der Waals surface area contributed by atoms with Crippen LogP contribution >= 0.6 is 15.9 Å². The molecule has 43 heavy (non-hydrogen) atoms. The minimum Gasteiger partial charge on any atom is -0.310 e. The van der Waals surface area contributed by atoms with Crippen LogP contribution in [-0.4, -0.2) is 4.57 Å². The SMILES string of the molecule is Brc1ccccc1-n1c2ccccc2c2cc(N3c4ccccc4C4(c5ccccc53)C3CC5CC(C3)CC4C5)ccc21. The average molecular weight is 622 g/mol. The number of benzene rings is 5. The lowest BCUT2D eigenvalue weighted by Gasteiger charge is -2.64. The van der Waals surface area contributed by atoms with E-state index in [1.807, 2.05) is 0 Å². The maximum atomic E-state index is 3.83. The van der Waals surface area contributed by atoms with E-state index < -0.39 is 0 Å². The van der Waals surface area contributed by atoms with E-state index in [4.69, 9.17) is 0 Å². The van der Waals surface area contributed by atoms with Crippen molar-refractivity contribution < 1.29 is 0 Å². The molecule has 2 heterocycles. The Bertz CT molecular complexity index is 2010. The average Bonchev–Trinajstić information content (AvgIpc) is 3.36. The summed E-state index contributed by atoms with van der Waals surface area (Å²) in [5, 5.41) is 2.57. The molecule has 11 rings (SSSR count). The summed E-state index contributed by atoms with van der Waals surface area (Å²) in [7, 11) is 0. The van der Waals surface area contributed by atoms with Crippen LogP contribution in [0.25, 0.3) is 27.5 Å². The second-order valence-electron chi connectivity index (χ2n) is 13.5. The molecule has 0 radical (unpaired) electrons. The molecule has 6 aromatic rings. The molecule has 2 nitrogen and oxygen atoms in total. The van der Waals surface area contributed by atoms with Crippen LogP contribution in [0.4, 0.5) is 17.1 Å². The number of hydrogen-bond acceptors (Lipinski definition) is 1. The first-order chi connectivity index (χ1) is 21.2. The monoisotopic (exact) mass is 620 g/mol. The highest BCUT2D eigenvalue weighted by Crippen LogP contribution is 2.69. The van der Waals surface area contributed by atoms with Gasteiger partial charge in [0.2, 0.25) is 0 Å². The van der Waals surface area contributed by atoms with E-state index in [-0.39, 0.29) is 5.41 Å². The first-order valence-corrected chi connectivity index (χ1v) is 16.8. The topological polar surface area (TPSA) is 8.17 Å². The molecule has 4 saturated carbocycles. The van der Waals surface area contributed by atoms with Gasteiger partial charge < -0.3 is 9.47 Å². The Balaban J connectivity index is 1.22. The van der Waals surface area contributed by atoms with E-state index in [2.05, 4.69) is 141 Å². The number of aromatic nitrogens is 1. The van der Waals surface area contributed by atoms with Crippen molar-refractivity contribution in [1.29, 1.82) is 0 Å². The van der Waals surface area contributed by atoms with Crippen molar-refractivity contribution in [2.45, 2.75) is 37.5 Å². The Morgan fingerprint density at radius 2 is 1.09 bits per heavy atom. The molecule has 0 saturated heterocycles. The zero-order chi connectivity index (χ0) is 28.3. The molecule has 1 aliphatic heterocycles. The number of nitrogens with zero attached hydrogens (tertiary/aromatic N) is 2. The summed E-state index contributed by atoms with van der Waals surface area (Å²) in [6, 6.07) is 43.3. The Labute approximate surface area is 261 Å². The van der Waals surface area contributed by atoms with Gasteiger partial charge in [-0.05, 0) is 131 Å². The highest BCUT2D eigenvalue weighted by molar-refractivity contribution is 9.10. The lowest BCUT2D eigenvalue weighted by molar-refractivity contribution is -0.0419. The molecule has 5 aromatic carbocycles. The third kappa shape index (κ3) is 3.19. The van der Waals surface area contributed by atoms with E-state index in [1.54, 1.807) is 11.1 Å². The van der Waals surface area contributed by atoms with Crippen molar-refractivity contribution in [2.75, 3.05) is 4.90 Å². The standard InChI is InChI=1S/C40H33BrN2/c41-34-12-4-8-16-39(34)43-35-13-5-1-9-30(35)31-24-29(17-18-36(31)43)42-37-14-6-2-10-32(37)40(33-11-3-7-15-38(33)42)27-20-25-19-26(22-27)23-28(40)21-25/h1-18,24-28H,19-23H2. The summed E-state index contributed by atoms with van der Waals surface area (Å²) in [5.74, 6) is 3.38. The first-order valence-electron chi connectivity index (χ1n) is 16.0. The molecule has 4 aliphatic carbocycles. The van der Waals surface area contributed by atoms with Crippen LogP contribution < -0.4 is 4.90 Å². The minimum atomic E-state index is 0.136. The summed E-state index contributed by atoms with van der Waals surface area (Å²) in [4.78, 5) is 2.57. The van der Waals surface area contributed by atoms with Gasteiger partial charge in [-0.25, -0.2) is 0 Å². The summed E-state index contributed by atoms with van der Waals surface area (Å²) in [6.45, 7) is 0. The van der Waals surface area contributed by atoms with Crippen molar-refractivity contribution >= 4 is 54.8 Å². The normalized spacial score (nSPS) is 24.5. The van der Waals surface area contributed by atoms with Crippen LogP contribution in [0.5, 0.6) is 0 Å². The zero-order valence-electron chi connectivity index (χ0n) is 24.1. The predicted octanol–water partition coefficient (Wildman–Crippen LogP) is 11.1. The number of hydrogen-bond donors (Lipinski definition) is 0. The summed E-state index contributed by atoms with van der Waals surface area (Å²) in [5.41, 5.74) is 10.9. The Morgan fingerprint density at radius 3 is 1.77 bits per heavy atom. The van der Waals surface area contributed by atoms with Crippen molar-refractivity contribution in [3.05, 3.63) is 131 Å². The van der Waals surface area contributed by atoms with Crippen molar-refractivity contribution in [3.63, 3.8) is 0 Å². The van der Waals surface area contributed by atoms with Crippen LogP contribution in [0.1, 0.15) is 43.2 Å². The maximum Gasteiger partial charge on any atom is 0.0604 e. The minimum absolute atomic E-state index is 0.136. The fourth-order valence-electron chi connectivity index (χ4n) is 10.4. The number of halogens is 1. The van der Waals surface area contributed by atoms with Crippen molar-refractivity contribution in [2.24, 2.45) is 23.7 Å². The van der Waals surface area contributed by atoms with Gasteiger partial charge in [0.15, 0.2) is 0 Å².